The summed E-state index contributed by atoms with van der Waals surface area (Å²) in [6, 6.07) is 9.76. The van der Waals surface area contributed by atoms with Crippen LogP contribution in [-0.4, -0.2) is 38.4 Å². The summed E-state index contributed by atoms with van der Waals surface area (Å²) in [4.78, 5) is 11.5. The average Bonchev–Trinajstić information content (AvgIpc) is 2.98. The molecule has 0 aliphatic heterocycles. The molecule has 0 amide bonds. The molecule has 0 aliphatic rings. The molecule has 0 unspecified atom stereocenters. The molecule has 25 heavy (non-hydrogen) atoms. The first-order valence-electron chi connectivity index (χ1n) is 7.95. The largest absolute Gasteiger partial charge is 0.463 e. The van der Waals surface area contributed by atoms with Gasteiger partial charge in [0, 0.05) is 6.54 Å². The minimum atomic E-state index is -0.395. The number of rotatable bonds is 6. The number of carbonyl (C=O) groups excluding carboxylic acids is 1. The number of anilines is 1. The highest BCUT2D eigenvalue weighted by Crippen LogP contribution is 2.21. The van der Waals surface area contributed by atoms with E-state index < -0.39 is 5.82 Å². The maximum Gasteiger partial charge on any atom is 0.307 e. The Kier molecular flexibility index (Phi) is 4.87. The zero-order valence-corrected chi connectivity index (χ0v) is 13.9. The van der Waals surface area contributed by atoms with Crippen LogP contribution >= 0.6 is 0 Å². The van der Waals surface area contributed by atoms with Crippen LogP contribution in [0.25, 0.3) is 17.0 Å². The van der Waals surface area contributed by atoms with Crippen molar-refractivity contribution in [1.29, 1.82) is 0 Å². The molecule has 0 aliphatic carbocycles. The van der Waals surface area contributed by atoms with E-state index in [0.29, 0.717) is 29.4 Å². The Morgan fingerprint density at radius 1 is 1.24 bits per heavy atom. The number of carbonyl (C=O) groups is 1. The van der Waals surface area contributed by atoms with Gasteiger partial charge in [-0.25, -0.2) is 4.39 Å². The fraction of sp³-hybridized carbons (Fsp3) is 0.294. The lowest BCUT2D eigenvalue weighted by Crippen LogP contribution is -2.16. The van der Waals surface area contributed by atoms with E-state index in [1.165, 1.54) is 10.6 Å². The summed E-state index contributed by atoms with van der Waals surface area (Å²) in [5.41, 5.74) is 0.822. The zero-order valence-electron chi connectivity index (χ0n) is 13.9. The highest BCUT2D eigenvalue weighted by Gasteiger charge is 2.13. The summed E-state index contributed by atoms with van der Waals surface area (Å²) in [6.07, 6.45) is 0.0857. The van der Waals surface area contributed by atoms with Gasteiger partial charge < -0.3 is 10.1 Å². The maximum absolute atomic E-state index is 14.0. The lowest BCUT2D eigenvalue weighted by molar-refractivity contribution is -0.147. The molecule has 0 bridgehead atoms. The summed E-state index contributed by atoms with van der Waals surface area (Å²) in [5.74, 6) is 0.173. The van der Waals surface area contributed by atoms with Crippen molar-refractivity contribution in [2.75, 3.05) is 11.9 Å². The van der Waals surface area contributed by atoms with Gasteiger partial charge in [0.15, 0.2) is 11.5 Å². The van der Waals surface area contributed by atoms with E-state index in [-0.39, 0.29) is 18.5 Å². The van der Waals surface area contributed by atoms with Crippen molar-refractivity contribution in [3.05, 3.63) is 42.2 Å². The fourth-order valence-electron chi connectivity index (χ4n) is 2.31. The van der Waals surface area contributed by atoms with Crippen LogP contribution in [-0.2, 0) is 9.53 Å². The molecule has 0 spiro atoms. The summed E-state index contributed by atoms with van der Waals surface area (Å²) in [7, 11) is 0. The number of halogens is 1. The lowest BCUT2D eigenvalue weighted by Gasteiger charge is -2.09. The van der Waals surface area contributed by atoms with Crippen molar-refractivity contribution >= 4 is 17.4 Å². The molecule has 3 aromatic rings. The number of ether oxygens (including phenoxy) is 1. The van der Waals surface area contributed by atoms with E-state index in [0.717, 1.165) is 0 Å². The average molecular weight is 343 g/mol. The van der Waals surface area contributed by atoms with Crippen molar-refractivity contribution in [2.45, 2.75) is 26.4 Å². The number of nitrogens with one attached hydrogen (secondary N) is 1. The minimum absolute atomic E-state index is 0.137. The molecule has 1 aromatic carbocycles. The third-order valence-corrected chi connectivity index (χ3v) is 3.38. The summed E-state index contributed by atoms with van der Waals surface area (Å²) >= 11 is 0. The van der Waals surface area contributed by atoms with Crippen LogP contribution in [0.2, 0.25) is 0 Å². The smallest absolute Gasteiger partial charge is 0.307 e. The van der Waals surface area contributed by atoms with Crippen molar-refractivity contribution < 1.29 is 13.9 Å². The second-order valence-electron chi connectivity index (χ2n) is 5.71. The molecule has 0 saturated carbocycles. The second kappa shape index (κ2) is 7.25. The number of hydrogen-bond acceptors (Lipinski definition) is 6. The summed E-state index contributed by atoms with van der Waals surface area (Å²) < 4.78 is 20.5. The van der Waals surface area contributed by atoms with Crippen LogP contribution < -0.4 is 5.32 Å². The van der Waals surface area contributed by atoms with E-state index in [4.69, 9.17) is 4.74 Å². The molecule has 2 heterocycles. The van der Waals surface area contributed by atoms with Crippen molar-refractivity contribution in [2.24, 2.45) is 0 Å². The molecule has 0 saturated heterocycles. The minimum Gasteiger partial charge on any atom is -0.463 e. The van der Waals surface area contributed by atoms with Crippen LogP contribution in [0.15, 0.2) is 36.4 Å². The van der Waals surface area contributed by atoms with Crippen LogP contribution in [0.4, 0.5) is 10.2 Å². The van der Waals surface area contributed by atoms with E-state index in [1.54, 1.807) is 44.2 Å². The Hall–Kier alpha value is -3.03. The van der Waals surface area contributed by atoms with Crippen LogP contribution in [0.3, 0.4) is 0 Å². The molecular formula is C17H18FN5O2. The predicted molar refractivity (Wildman–Crippen MR) is 90.5 cm³/mol. The van der Waals surface area contributed by atoms with Gasteiger partial charge in [-0.05, 0) is 38.1 Å². The SMILES string of the molecule is CC(C)OC(=O)CCNc1ccc2nnc(-c3ccccc3F)n2n1. The van der Waals surface area contributed by atoms with Gasteiger partial charge in [0.25, 0.3) is 0 Å². The van der Waals surface area contributed by atoms with Crippen molar-refractivity contribution in [3.63, 3.8) is 0 Å². The van der Waals surface area contributed by atoms with E-state index in [2.05, 4.69) is 20.6 Å². The van der Waals surface area contributed by atoms with Crippen LogP contribution in [0.5, 0.6) is 0 Å². The molecule has 1 N–H and O–H groups in total. The molecule has 0 atom stereocenters. The summed E-state index contributed by atoms with van der Waals surface area (Å²) in [6.45, 7) is 3.98. The van der Waals surface area contributed by atoms with E-state index in [1.807, 2.05) is 0 Å². The standard InChI is InChI=1S/C17H18FN5O2/c1-11(2)25-16(24)9-10-19-14-7-8-15-20-21-17(23(15)22-14)12-5-3-4-6-13(12)18/h3-8,11H,9-10H2,1-2H3,(H,19,22). The molecule has 8 heteroatoms. The van der Waals surface area contributed by atoms with Gasteiger partial charge in [0.05, 0.1) is 18.1 Å². The highest BCUT2D eigenvalue weighted by molar-refractivity contribution is 5.70. The normalized spacial score (nSPS) is 11.0. The van der Waals surface area contributed by atoms with Gasteiger partial charge in [-0.1, -0.05) is 12.1 Å². The van der Waals surface area contributed by atoms with Gasteiger partial charge in [0.1, 0.15) is 11.6 Å². The first kappa shape index (κ1) is 16.8. The number of esters is 1. The Morgan fingerprint density at radius 3 is 2.80 bits per heavy atom. The molecule has 7 nitrogen and oxygen atoms in total. The molecule has 2 aromatic heterocycles. The third-order valence-electron chi connectivity index (χ3n) is 3.38. The molecule has 3 rings (SSSR count). The Labute approximate surface area is 143 Å². The molecular weight excluding hydrogens is 325 g/mol. The highest BCUT2D eigenvalue weighted by atomic mass is 19.1. The fourth-order valence-corrected chi connectivity index (χ4v) is 2.31. The van der Waals surface area contributed by atoms with Gasteiger partial charge in [-0.15, -0.1) is 15.3 Å². The van der Waals surface area contributed by atoms with Gasteiger partial charge in [-0.3, -0.25) is 4.79 Å². The Morgan fingerprint density at radius 2 is 2.04 bits per heavy atom. The van der Waals surface area contributed by atoms with Crippen LogP contribution in [0.1, 0.15) is 20.3 Å². The van der Waals surface area contributed by atoms with Gasteiger partial charge in [0.2, 0.25) is 0 Å². The maximum atomic E-state index is 14.0. The number of benzene rings is 1. The monoisotopic (exact) mass is 343 g/mol. The van der Waals surface area contributed by atoms with E-state index >= 15 is 0 Å². The molecule has 130 valence electrons. The number of aromatic nitrogens is 4. The summed E-state index contributed by atoms with van der Waals surface area (Å²) in [5, 5.41) is 15.4. The van der Waals surface area contributed by atoms with Gasteiger partial charge >= 0.3 is 5.97 Å². The van der Waals surface area contributed by atoms with Crippen molar-refractivity contribution in [3.8, 4) is 11.4 Å². The predicted octanol–water partition coefficient (Wildman–Crippen LogP) is 2.68. The first-order valence-corrected chi connectivity index (χ1v) is 7.95. The first-order chi connectivity index (χ1) is 12.0. The number of nitrogens with zero attached hydrogens (tertiary/aromatic N) is 4. The Bertz CT molecular complexity index is 894. The molecule has 0 radical (unpaired) electrons. The van der Waals surface area contributed by atoms with Gasteiger partial charge in [-0.2, -0.15) is 4.52 Å². The quantitative estimate of drug-likeness (QED) is 0.693. The lowest BCUT2D eigenvalue weighted by atomic mass is 10.2. The topological polar surface area (TPSA) is 81.4 Å². The zero-order chi connectivity index (χ0) is 17.8. The molecule has 0 fully saturated rings. The second-order valence-corrected chi connectivity index (χ2v) is 5.71. The Balaban J connectivity index is 1.77. The number of fused-ring (bicyclic) bond motifs is 1. The van der Waals surface area contributed by atoms with E-state index in [9.17, 15) is 9.18 Å². The third kappa shape index (κ3) is 3.90. The number of hydrogen-bond donors (Lipinski definition) is 1. The van der Waals surface area contributed by atoms with Crippen LogP contribution in [0, 0.1) is 5.82 Å². The van der Waals surface area contributed by atoms with Crippen molar-refractivity contribution in [1.82, 2.24) is 19.8 Å².